The van der Waals surface area contributed by atoms with Crippen molar-refractivity contribution in [1.29, 1.82) is 0 Å². The van der Waals surface area contributed by atoms with Crippen molar-refractivity contribution in [2.45, 2.75) is 63.5 Å². The van der Waals surface area contributed by atoms with Crippen molar-refractivity contribution >= 4 is 5.91 Å². The van der Waals surface area contributed by atoms with Crippen molar-refractivity contribution in [2.75, 3.05) is 13.6 Å². The summed E-state index contributed by atoms with van der Waals surface area (Å²) in [4.78, 5) is 14.4. The smallest absolute Gasteiger partial charge is 0.239 e. The Kier molecular flexibility index (Phi) is 3.60. The quantitative estimate of drug-likeness (QED) is 0.829. The number of nitrogens with zero attached hydrogens (tertiary/aromatic N) is 1. The first kappa shape index (κ1) is 12.5. The van der Waals surface area contributed by atoms with Crippen LogP contribution < -0.4 is 5.32 Å². The second-order valence-corrected chi connectivity index (χ2v) is 6.60. The van der Waals surface area contributed by atoms with Crippen LogP contribution in [0.4, 0.5) is 0 Å². The molecule has 102 valence electrons. The third-order valence-corrected chi connectivity index (χ3v) is 5.11. The molecule has 3 rings (SSSR count). The molecule has 3 fully saturated rings. The van der Waals surface area contributed by atoms with Crippen LogP contribution in [0, 0.1) is 11.8 Å². The minimum atomic E-state index is 0.113. The van der Waals surface area contributed by atoms with Crippen LogP contribution >= 0.6 is 0 Å². The molecule has 3 nitrogen and oxygen atoms in total. The van der Waals surface area contributed by atoms with Gasteiger partial charge in [-0.15, -0.1) is 0 Å². The summed E-state index contributed by atoms with van der Waals surface area (Å²) in [7, 11) is 1.98. The van der Waals surface area contributed by atoms with Crippen LogP contribution in [0.3, 0.4) is 0 Å². The maximum Gasteiger partial charge on any atom is 0.239 e. The van der Waals surface area contributed by atoms with Crippen LogP contribution in [0.15, 0.2) is 0 Å². The molecule has 3 atom stereocenters. The number of rotatable bonds is 4. The standard InChI is InChI=1S/C15H26N2O/c1-17(9-8-11-6-7-11)15(18)14-10-12-4-2-3-5-13(12)16-14/h11-14,16H,2-10H2,1H3. The summed E-state index contributed by atoms with van der Waals surface area (Å²) in [5, 5.41) is 3.59. The summed E-state index contributed by atoms with van der Waals surface area (Å²) < 4.78 is 0. The van der Waals surface area contributed by atoms with E-state index in [-0.39, 0.29) is 6.04 Å². The van der Waals surface area contributed by atoms with E-state index in [0.717, 1.165) is 24.8 Å². The molecule has 3 unspecified atom stereocenters. The predicted molar refractivity (Wildman–Crippen MR) is 72.3 cm³/mol. The van der Waals surface area contributed by atoms with E-state index in [1.807, 2.05) is 11.9 Å². The van der Waals surface area contributed by atoms with Crippen molar-refractivity contribution in [3.63, 3.8) is 0 Å². The van der Waals surface area contributed by atoms with Gasteiger partial charge in [0.15, 0.2) is 0 Å². The highest BCUT2D eigenvalue weighted by Crippen LogP contribution is 2.34. The zero-order valence-electron chi connectivity index (χ0n) is 11.5. The molecule has 18 heavy (non-hydrogen) atoms. The molecule has 2 aliphatic carbocycles. The summed E-state index contributed by atoms with van der Waals surface area (Å²) in [5.74, 6) is 2.02. The van der Waals surface area contributed by atoms with Crippen LogP contribution in [-0.4, -0.2) is 36.5 Å². The highest BCUT2D eigenvalue weighted by atomic mass is 16.2. The fourth-order valence-corrected chi connectivity index (χ4v) is 3.67. The molecule has 0 aromatic rings. The average molecular weight is 250 g/mol. The number of amides is 1. The molecule has 1 heterocycles. The predicted octanol–water partition coefficient (Wildman–Crippen LogP) is 2.17. The number of likely N-dealkylation sites (N-methyl/N-ethyl adjacent to an activating group) is 1. The van der Waals surface area contributed by atoms with Gasteiger partial charge in [-0.05, 0) is 37.5 Å². The monoisotopic (exact) mass is 250 g/mol. The number of carbonyl (C=O) groups is 1. The van der Waals surface area contributed by atoms with Crippen LogP contribution in [0.25, 0.3) is 0 Å². The van der Waals surface area contributed by atoms with Gasteiger partial charge in [0.05, 0.1) is 6.04 Å². The van der Waals surface area contributed by atoms with Crippen LogP contribution in [0.5, 0.6) is 0 Å². The SMILES string of the molecule is CN(CCC1CC1)C(=O)C1CC2CCCCC2N1. The third-order valence-electron chi connectivity index (χ3n) is 5.11. The first-order valence-electron chi connectivity index (χ1n) is 7.75. The Balaban J connectivity index is 1.49. The van der Waals surface area contributed by atoms with Gasteiger partial charge >= 0.3 is 0 Å². The van der Waals surface area contributed by atoms with Gasteiger partial charge in [0, 0.05) is 19.6 Å². The maximum atomic E-state index is 12.4. The second kappa shape index (κ2) is 5.20. The first-order valence-corrected chi connectivity index (χ1v) is 7.75. The lowest BCUT2D eigenvalue weighted by atomic mass is 9.85. The Morgan fingerprint density at radius 2 is 2.00 bits per heavy atom. The molecule has 1 N–H and O–H groups in total. The number of fused-ring (bicyclic) bond motifs is 1. The number of hydrogen-bond acceptors (Lipinski definition) is 2. The van der Waals surface area contributed by atoms with Crippen LogP contribution in [0.1, 0.15) is 51.4 Å². The van der Waals surface area contributed by atoms with Gasteiger partial charge in [0.1, 0.15) is 0 Å². The fourth-order valence-electron chi connectivity index (χ4n) is 3.67. The molecule has 0 radical (unpaired) electrons. The van der Waals surface area contributed by atoms with E-state index < -0.39 is 0 Å². The van der Waals surface area contributed by atoms with Gasteiger partial charge in [-0.25, -0.2) is 0 Å². The van der Waals surface area contributed by atoms with Gasteiger partial charge in [-0.1, -0.05) is 25.7 Å². The van der Waals surface area contributed by atoms with Crippen LogP contribution in [-0.2, 0) is 4.79 Å². The van der Waals surface area contributed by atoms with Gasteiger partial charge < -0.3 is 10.2 Å². The molecule has 2 saturated carbocycles. The molecular weight excluding hydrogens is 224 g/mol. The summed E-state index contributed by atoms with van der Waals surface area (Å²) in [5.41, 5.74) is 0. The molecule has 1 amide bonds. The van der Waals surface area contributed by atoms with E-state index in [0.29, 0.717) is 11.9 Å². The average Bonchev–Trinajstić information content (AvgIpc) is 3.11. The van der Waals surface area contributed by atoms with Crippen molar-refractivity contribution in [3.05, 3.63) is 0 Å². The first-order chi connectivity index (χ1) is 8.74. The summed E-state index contributed by atoms with van der Waals surface area (Å²) >= 11 is 0. The Hall–Kier alpha value is -0.570. The highest BCUT2D eigenvalue weighted by molar-refractivity contribution is 5.82. The minimum absolute atomic E-state index is 0.113. The van der Waals surface area contributed by atoms with E-state index in [1.165, 1.54) is 44.9 Å². The van der Waals surface area contributed by atoms with Gasteiger partial charge in [0.2, 0.25) is 5.91 Å². The minimum Gasteiger partial charge on any atom is -0.344 e. The Labute approximate surface area is 110 Å². The zero-order valence-corrected chi connectivity index (χ0v) is 11.5. The number of carbonyl (C=O) groups excluding carboxylic acids is 1. The molecule has 1 aliphatic heterocycles. The zero-order chi connectivity index (χ0) is 12.5. The van der Waals surface area contributed by atoms with E-state index in [4.69, 9.17) is 0 Å². The van der Waals surface area contributed by atoms with E-state index in [2.05, 4.69) is 5.32 Å². The fraction of sp³-hybridized carbons (Fsp3) is 0.933. The number of nitrogens with one attached hydrogen (secondary N) is 1. The van der Waals surface area contributed by atoms with E-state index in [1.54, 1.807) is 0 Å². The molecule has 0 aromatic carbocycles. The van der Waals surface area contributed by atoms with Gasteiger partial charge in [-0.2, -0.15) is 0 Å². The molecule has 0 bridgehead atoms. The molecule has 0 aromatic heterocycles. The Bertz CT molecular complexity index is 300. The normalized spacial score (nSPS) is 35.3. The molecule has 3 aliphatic rings. The van der Waals surface area contributed by atoms with E-state index in [9.17, 15) is 4.79 Å². The van der Waals surface area contributed by atoms with Gasteiger partial charge in [0.25, 0.3) is 0 Å². The lowest BCUT2D eigenvalue weighted by Gasteiger charge is -2.24. The molecule has 0 spiro atoms. The Morgan fingerprint density at radius 1 is 1.22 bits per heavy atom. The van der Waals surface area contributed by atoms with Crippen LogP contribution in [0.2, 0.25) is 0 Å². The van der Waals surface area contributed by atoms with Gasteiger partial charge in [-0.3, -0.25) is 4.79 Å². The molecular formula is C15H26N2O. The van der Waals surface area contributed by atoms with Crippen molar-refractivity contribution in [3.8, 4) is 0 Å². The topological polar surface area (TPSA) is 32.3 Å². The lowest BCUT2D eigenvalue weighted by molar-refractivity contribution is -0.131. The highest BCUT2D eigenvalue weighted by Gasteiger charge is 2.39. The molecule has 3 heteroatoms. The second-order valence-electron chi connectivity index (χ2n) is 6.60. The number of hydrogen-bond donors (Lipinski definition) is 1. The summed E-state index contributed by atoms with van der Waals surface area (Å²) in [6.07, 6.45) is 10.4. The molecule has 1 saturated heterocycles. The third kappa shape index (κ3) is 2.71. The summed E-state index contributed by atoms with van der Waals surface area (Å²) in [6, 6.07) is 0.742. The largest absolute Gasteiger partial charge is 0.344 e. The Morgan fingerprint density at radius 3 is 2.72 bits per heavy atom. The van der Waals surface area contributed by atoms with Crippen molar-refractivity contribution in [2.24, 2.45) is 11.8 Å². The van der Waals surface area contributed by atoms with Crippen molar-refractivity contribution in [1.82, 2.24) is 10.2 Å². The lowest BCUT2D eigenvalue weighted by Crippen LogP contribution is -2.44. The van der Waals surface area contributed by atoms with E-state index >= 15 is 0 Å². The summed E-state index contributed by atoms with van der Waals surface area (Å²) in [6.45, 7) is 0.955. The van der Waals surface area contributed by atoms with Crippen molar-refractivity contribution < 1.29 is 4.79 Å². The maximum absolute atomic E-state index is 12.4.